The second-order valence-corrected chi connectivity index (χ2v) is 5.14. The Hall–Kier alpha value is -2.12. The zero-order chi connectivity index (χ0) is 16.2. The molecule has 1 aliphatic rings. The van der Waals surface area contributed by atoms with Gasteiger partial charge < -0.3 is 20.5 Å². The van der Waals surface area contributed by atoms with Crippen LogP contribution in [-0.4, -0.2) is 50.3 Å². The largest absolute Gasteiger partial charge is 0.497 e. The van der Waals surface area contributed by atoms with Crippen LogP contribution in [0.25, 0.3) is 0 Å². The highest BCUT2D eigenvalue weighted by molar-refractivity contribution is 6.07. The van der Waals surface area contributed by atoms with Gasteiger partial charge in [0, 0.05) is 6.54 Å². The van der Waals surface area contributed by atoms with E-state index in [0.29, 0.717) is 24.5 Å². The molecule has 7 nitrogen and oxygen atoms in total. The fourth-order valence-corrected chi connectivity index (χ4v) is 2.36. The molecule has 1 aliphatic heterocycles. The van der Waals surface area contributed by atoms with Gasteiger partial charge in [0.05, 0.1) is 26.9 Å². The topological polar surface area (TPSA) is 93.9 Å². The lowest BCUT2D eigenvalue weighted by atomic mass is 9.92. The van der Waals surface area contributed by atoms with Gasteiger partial charge in [-0.25, -0.2) is 4.79 Å². The van der Waals surface area contributed by atoms with E-state index >= 15 is 0 Å². The Kier molecular flexibility index (Phi) is 4.99. The van der Waals surface area contributed by atoms with E-state index in [1.807, 2.05) is 0 Å². The summed E-state index contributed by atoms with van der Waals surface area (Å²) < 4.78 is 10.3. The van der Waals surface area contributed by atoms with Gasteiger partial charge in [0.1, 0.15) is 11.3 Å². The maximum Gasteiger partial charge on any atom is 0.325 e. The van der Waals surface area contributed by atoms with Crippen LogP contribution < -0.4 is 15.8 Å². The first-order valence-corrected chi connectivity index (χ1v) is 7.09. The van der Waals surface area contributed by atoms with E-state index < -0.39 is 11.6 Å². The van der Waals surface area contributed by atoms with Crippen molar-refractivity contribution in [1.82, 2.24) is 10.2 Å². The average Bonchev–Trinajstić information content (AvgIpc) is 2.75. The molecule has 1 fully saturated rings. The van der Waals surface area contributed by atoms with Crippen molar-refractivity contribution in [2.24, 2.45) is 5.73 Å². The molecule has 0 saturated carbocycles. The predicted molar refractivity (Wildman–Crippen MR) is 80.5 cm³/mol. The number of amides is 3. The minimum Gasteiger partial charge on any atom is -0.497 e. The Balaban J connectivity index is 2.11. The molecule has 3 amide bonds. The van der Waals surface area contributed by atoms with Gasteiger partial charge in [0.2, 0.25) is 0 Å². The van der Waals surface area contributed by atoms with Crippen LogP contribution in [0.2, 0.25) is 0 Å². The number of benzene rings is 1. The minimum atomic E-state index is -1.07. The number of carbonyl (C=O) groups is 2. The van der Waals surface area contributed by atoms with Crippen molar-refractivity contribution < 1.29 is 19.1 Å². The number of ether oxygens (including phenoxy) is 2. The Morgan fingerprint density at radius 1 is 1.23 bits per heavy atom. The van der Waals surface area contributed by atoms with Gasteiger partial charge in [-0.05, 0) is 24.6 Å². The molecule has 0 spiro atoms. The summed E-state index contributed by atoms with van der Waals surface area (Å²) in [6.07, 6.45) is 0. The molecule has 1 aromatic rings. The van der Waals surface area contributed by atoms with Crippen LogP contribution in [0.5, 0.6) is 5.75 Å². The molecule has 1 unspecified atom stereocenters. The summed E-state index contributed by atoms with van der Waals surface area (Å²) in [6, 6.07) is 6.64. The van der Waals surface area contributed by atoms with E-state index in [1.165, 1.54) is 4.90 Å². The molecule has 1 saturated heterocycles. The number of nitrogens with two attached hydrogens (primary N) is 1. The maximum atomic E-state index is 12.6. The summed E-state index contributed by atoms with van der Waals surface area (Å²) in [5.74, 6) is 0.398. The Morgan fingerprint density at radius 3 is 2.50 bits per heavy atom. The summed E-state index contributed by atoms with van der Waals surface area (Å²) in [6.45, 7) is 2.98. The molecule has 120 valence electrons. The first kappa shape index (κ1) is 16.3. The van der Waals surface area contributed by atoms with Crippen LogP contribution in [0.15, 0.2) is 24.3 Å². The van der Waals surface area contributed by atoms with Gasteiger partial charge in [-0.3, -0.25) is 9.69 Å². The number of carbonyl (C=O) groups excluding carboxylic acids is 2. The Morgan fingerprint density at radius 2 is 1.91 bits per heavy atom. The van der Waals surface area contributed by atoms with Gasteiger partial charge in [-0.2, -0.15) is 0 Å². The fourth-order valence-electron chi connectivity index (χ4n) is 2.36. The zero-order valence-corrected chi connectivity index (χ0v) is 12.8. The highest BCUT2D eigenvalue weighted by atomic mass is 16.5. The molecule has 1 aromatic carbocycles. The molecule has 0 bridgehead atoms. The van der Waals surface area contributed by atoms with Crippen LogP contribution in [0, 0.1) is 0 Å². The molecule has 3 N–H and O–H groups in total. The quantitative estimate of drug-likeness (QED) is 0.563. The van der Waals surface area contributed by atoms with Gasteiger partial charge in [0.25, 0.3) is 5.91 Å². The fraction of sp³-hybridized carbons (Fsp3) is 0.467. The SMILES string of the molecule is COc1ccc(C2(C)NC(=O)N(CCOCCN)C2=O)cc1. The van der Waals surface area contributed by atoms with Gasteiger partial charge >= 0.3 is 6.03 Å². The number of rotatable bonds is 7. The van der Waals surface area contributed by atoms with Crippen LogP contribution in [-0.2, 0) is 15.1 Å². The summed E-state index contributed by atoms with van der Waals surface area (Å²) in [5.41, 5.74) is 4.96. The monoisotopic (exact) mass is 307 g/mol. The van der Waals surface area contributed by atoms with Crippen molar-refractivity contribution in [3.63, 3.8) is 0 Å². The smallest absolute Gasteiger partial charge is 0.325 e. The third-order valence-corrected chi connectivity index (χ3v) is 3.66. The number of urea groups is 1. The first-order valence-electron chi connectivity index (χ1n) is 7.09. The molecule has 0 radical (unpaired) electrons. The van der Waals surface area contributed by atoms with Crippen LogP contribution in [0.3, 0.4) is 0 Å². The third kappa shape index (κ3) is 3.05. The summed E-state index contributed by atoms with van der Waals surface area (Å²) in [7, 11) is 1.57. The van der Waals surface area contributed by atoms with Crippen molar-refractivity contribution in [2.75, 3.05) is 33.4 Å². The number of imide groups is 1. The number of methoxy groups -OCH3 is 1. The summed E-state index contributed by atoms with van der Waals surface area (Å²) >= 11 is 0. The Bertz CT molecular complexity index is 546. The lowest BCUT2D eigenvalue weighted by molar-refractivity contribution is -0.131. The van der Waals surface area contributed by atoms with Crippen LogP contribution >= 0.6 is 0 Å². The maximum absolute atomic E-state index is 12.6. The second kappa shape index (κ2) is 6.76. The van der Waals surface area contributed by atoms with E-state index in [1.54, 1.807) is 38.3 Å². The van der Waals surface area contributed by atoms with Gasteiger partial charge in [-0.15, -0.1) is 0 Å². The molecule has 0 aliphatic carbocycles. The average molecular weight is 307 g/mol. The van der Waals surface area contributed by atoms with Crippen molar-refractivity contribution in [1.29, 1.82) is 0 Å². The van der Waals surface area contributed by atoms with E-state index in [2.05, 4.69) is 5.32 Å². The van der Waals surface area contributed by atoms with Crippen molar-refractivity contribution in [2.45, 2.75) is 12.5 Å². The second-order valence-electron chi connectivity index (χ2n) is 5.14. The number of nitrogens with one attached hydrogen (secondary N) is 1. The third-order valence-electron chi connectivity index (χ3n) is 3.66. The van der Waals surface area contributed by atoms with E-state index in [4.69, 9.17) is 15.2 Å². The number of nitrogens with zero attached hydrogens (tertiary/aromatic N) is 1. The highest BCUT2D eigenvalue weighted by Crippen LogP contribution is 2.29. The van der Waals surface area contributed by atoms with E-state index in [0.717, 1.165) is 0 Å². The van der Waals surface area contributed by atoms with Gasteiger partial charge in [-0.1, -0.05) is 12.1 Å². The lowest BCUT2D eigenvalue weighted by Crippen LogP contribution is -2.41. The molecule has 7 heteroatoms. The standard InChI is InChI=1S/C15H21N3O4/c1-15(11-3-5-12(21-2)6-4-11)13(19)18(14(20)17-15)8-10-22-9-7-16/h3-6H,7-10,16H2,1-2H3,(H,17,20). The highest BCUT2D eigenvalue weighted by Gasteiger charge is 2.48. The van der Waals surface area contributed by atoms with Crippen LogP contribution in [0.4, 0.5) is 4.79 Å². The van der Waals surface area contributed by atoms with E-state index in [9.17, 15) is 9.59 Å². The molecule has 2 rings (SSSR count). The minimum absolute atomic E-state index is 0.205. The zero-order valence-electron chi connectivity index (χ0n) is 12.8. The van der Waals surface area contributed by atoms with Crippen molar-refractivity contribution in [3.05, 3.63) is 29.8 Å². The molecular weight excluding hydrogens is 286 g/mol. The van der Waals surface area contributed by atoms with Crippen LogP contribution in [0.1, 0.15) is 12.5 Å². The number of hydrogen-bond acceptors (Lipinski definition) is 5. The summed E-state index contributed by atoms with van der Waals surface area (Å²) in [5, 5.41) is 2.74. The summed E-state index contributed by atoms with van der Waals surface area (Å²) in [4.78, 5) is 25.8. The molecular formula is C15H21N3O4. The Labute approximate surface area is 129 Å². The molecule has 22 heavy (non-hydrogen) atoms. The van der Waals surface area contributed by atoms with Crippen molar-refractivity contribution >= 4 is 11.9 Å². The normalized spacial score (nSPS) is 21.1. The molecule has 1 atom stereocenters. The van der Waals surface area contributed by atoms with E-state index in [-0.39, 0.29) is 19.1 Å². The number of hydrogen-bond donors (Lipinski definition) is 2. The predicted octanol–water partition coefficient (Wildman–Crippen LogP) is 0.438. The lowest BCUT2D eigenvalue weighted by Gasteiger charge is -2.22. The molecule has 0 aromatic heterocycles. The van der Waals surface area contributed by atoms with Gasteiger partial charge in [0.15, 0.2) is 0 Å². The first-order chi connectivity index (χ1) is 10.5. The van der Waals surface area contributed by atoms with Crippen molar-refractivity contribution in [3.8, 4) is 5.75 Å². The molecule has 1 heterocycles.